The predicted octanol–water partition coefficient (Wildman–Crippen LogP) is 1.97. The molecule has 2 aliphatic heterocycles. The van der Waals surface area contributed by atoms with Crippen molar-refractivity contribution in [2.45, 2.75) is 31.8 Å². The fourth-order valence-electron chi connectivity index (χ4n) is 3.07. The van der Waals surface area contributed by atoms with E-state index >= 15 is 0 Å². The van der Waals surface area contributed by atoms with Crippen LogP contribution in [0.2, 0.25) is 0 Å². The highest BCUT2D eigenvalue weighted by molar-refractivity contribution is 7.80. The molecule has 1 aromatic rings. The van der Waals surface area contributed by atoms with Crippen LogP contribution < -0.4 is 0 Å². The lowest BCUT2D eigenvalue weighted by molar-refractivity contribution is -0.130. The summed E-state index contributed by atoms with van der Waals surface area (Å²) in [6, 6.07) is 9.40. The summed E-state index contributed by atoms with van der Waals surface area (Å²) in [4.78, 5) is 27.8. The third kappa shape index (κ3) is 3.51. The molecule has 2 heterocycles. The number of benzene rings is 1. The third-order valence-electron chi connectivity index (χ3n) is 4.34. The molecule has 2 atom stereocenters. The summed E-state index contributed by atoms with van der Waals surface area (Å²) in [5.74, 6) is -0.236. The average molecular weight is 348 g/mol. The van der Waals surface area contributed by atoms with E-state index in [1.54, 1.807) is 0 Å². The first-order valence-corrected chi connectivity index (χ1v) is 8.43. The molecule has 2 aliphatic rings. The topological polar surface area (TPSA) is 59.1 Å². The Bertz CT molecular complexity index is 637. The number of carbonyl (C=O) groups is 2. The molecule has 0 radical (unpaired) electrons. The molecule has 1 aromatic carbocycles. The molecule has 0 spiro atoms. The SMILES string of the molecule is C[C@@H](CC(=O)N1C(=O)OC[C@@H]1Cc1ccccc1)N1CCOC1=S. The van der Waals surface area contributed by atoms with E-state index in [2.05, 4.69) is 0 Å². The second-order valence-electron chi connectivity index (χ2n) is 6.05. The first-order valence-electron chi connectivity index (χ1n) is 8.02. The molecular weight excluding hydrogens is 328 g/mol. The summed E-state index contributed by atoms with van der Waals surface area (Å²) in [6.07, 6.45) is 0.232. The Morgan fingerprint density at radius 2 is 2.08 bits per heavy atom. The molecule has 3 rings (SSSR count). The van der Waals surface area contributed by atoms with Crippen LogP contribution in [0, 0.1) is 0 Å². The molecule has 128 valence electrons. The van der Waals surface area contributed by atoms with Crippen molar-refractivity contribution < 1.29 is 19.1 Å². The summed E-state index contributed by atoms with van der Waals surface area (Å²) in [5.41, 5.74) is 1.07. The standard InChI is InChI=1S/C17H20N2O4S/c1-12(18-7-8-22-17(18)24)9-15(20)19-14(11-23-16(19)21)10-13-5-3-2-4-6-13/h2-6,12,14H,7-11H2,1H3/t12-,14-/m0/s1. The van der Waals surface area contributed by atoms with Crippen molar-refractivity contribution in [3.8, 4) is 0 Å². The Kier molecular flexibility index (Phi) is 4.99. The van der Waals surface area contributed by atoms with Crippen molar-refractivity contribution in [3.05, 3.63) is 35.9 Å². The number of amides is 2. The van der Waals surface area contributed by atoms with Gasteiger partial charge in [-0.25, -0.2) is 9.69 Å². The number of hydrogen-bond donors (Lipinski definition) is 0. The Hall–Kier alpha value is -2.15. The van der Waals surface area contributed by atoms with Gasteiger partial charge in [-0.05, 0) is 31.1 Å². The molecule has 2 fully saturated rings. The van der Waals surface area contributed by atoms with Crippen LogP contribution in [0.15, 0.2) is 30.3 Å². The predicted molar refractivity (Wildman–Crippen MR) is 91.5 cm³/mol. The van der Waals surface area contributed by atoms with Gasteiger partial charge in [-0.1, -0.05) is 30.3 Å². The summed E-state index contributed by atoms with van der Waals surface area (Å²) in [5, 5.41) is 0.417. The average Bonchev–Trinajstić information content (AvgIpc) is 3.14. The highest BCUT2D eigenvalue weighted by Crippen LogP contribution is 2.20. The molecule has 0 saturated carbocycles. The van der Waals surface area contributed by atoms with Gasteiger partial charge in [0.25, 0.3) is 5.17 Å². The van der Waals surface area contributed by atoms with Crippen molar-refractivity contribution in [3.63, 3.8) is 0 Å². The first-order chi connectivity index (χ1) is 11.6. The van der Waals surface area contributed by atoms with E-state index in [4.69, 9.17) is 21.7 Å². The summed E-state index contributed by atoms with van der Waals surface area (Å²) in [6.45, 7) is 3.36. The zero-order chi connectivity index (χ0) is 17.1. The van der Waals surface area contributed by atoms with Gasteiger partial charge in [0.2, 0.25) is 5.91 Å². The molecule has 0 bridgehead atoms. The fraction of sp³-hybridized carbons (Fsp3) is 0.471. The number of ether oxygens (including phenoxy) is 2. The number of cyclic esters (lactones) is 1. The first kappa shape index (κ1) is 16.7. The van der Waals surface area contributed by atoms with E-state index in [9.17, 15) is 9.59 Å². The van der Waals surface area contributed by atoms with Crippen LogP contribution in [-0.4, -0.2) is 58.8 Å². The minimum atomic E-state index is -0.562. The minimum absolute atomic E-state index is 0.113. The third-order valence-corrected chi connectivity index (χ3v) is 4.69. The quantitative estimate of drug-likeness (QED) is 0.759. The van der Waals surface area contributed by atoms with Gasteiger partial charge in [0, 0.05) is 12.5 Å². The van der Waals surface area contributed by atoms with E-state index in [1.807, 2.05) is 42.2 Å². The summed E-state index contributed by atoms with van der Waals surface area (Å²) < 4.78 is 10.4. The maximum atomic E-state index is 12.6. The van der Waals surface area contributed by atoms with Gasteiger partial charge in [0.05, 0.1) is 12.6 Å². The second-order valence-corrected chi connectivity index (χ2v) is 6.39. The van der Waals surface area contributed by atoms with Crippen LogP contribution in [0.5, 0.6) is 0 Å². The van der Waals surface area contributed by atoms with Crippen molar-refractivity contribution in [2.75, 3.05) is 19.8 Å². The smallest absolute Gasteiger partial charge is 0.416 e. The minimum Gasteiger partial charge on any atom is -0.469 e. The zero-order valence-electron chi connectivity index (χ0n) is 13.5. The number of rotatable bonds is 5. The van der Waals surface area contributed by atoms with Crippen LogP contribution in [0.25, 0.3) is 0 Å². The van der Waals surface area contributed by atoms with E-state index in [0.717, 1.165) is 5.56 Å². The summed E-state index contributed by atoms with van der Waals surface area (Å²) in [7, 11) is 0. The van der Waals surface area contributed by atoms with Gasteiger partial charge in [0.15, 0.2) is 0 Å². The van der Waals surface area contributed by atoms with Gasteiger partial charge >= 0.3 is 6.09 Å². The maximum Gasteiger partial charge on any atom is 0.416 e. The van der Waals surface area contributed by atoms with Crippen LogP contribution in [-0.2, 0) is 20.7 Å². The lowest BCUT2D eigenvalue weighted by Crippen LogP contribution is -2.44. The van der Waals surface area contributed by atoms with Crippen LogP contribution in [0.4, 0.5) is 4.79 Å². The van der Waals surface area contributed by atoms with Crippen molar-refractivity contribution in [1.29, 1.82) is 0 Å². The van der Waals surface area contributed by atoms with Gasteiger partial charge in [-0.2, -0.15) is 0 Å². The highest BCUT2D eigenvalue weighted by Gasteiger charge is 2.39. The summed E-state index contributed by atoms with van der Waals surface area (Å²) >= 11 is 5.12. The number of thiocarbonyl (C=S) groups is 1. The Labute approximate surface area is 146 Å². The van der Waals surface area contributed by atoms with Crippen LogP contribution in [0.1, 0.15) is 18.9 Å². The van der Waals surface area contributed by atoms with Crippen LogP contribution in [0.3, 0.4) is 0 Å². The lowest BCUT2D eigenvalue weighted by Gasteiger charge is -2.26. The van der Waals surface area contributed by atoms with Gasteiger partial charge in [-0.15, -0.1) is 0 Å². The van der Waals surface area contributed by atoms with Crippen LogP contribution >= 0.6 is 12.2 Å². The zero-order valence-corrected chi connectivity index (χ0v) is 14.3. The Morgan fingerprint density at radius 1 is 1.33 bits per heavy atom. The number of nitrogens with zero attached hydrogens (tertiary/aromatic N) is 2. The molecule has 2 amide bonds. The van der Waals surface area contributed by atoms with E-state index in [0.29, 0.717) is 24.7 Å². The van der Waals surface area contributed by atoms with E-state index in [1.165, 1.54) is 4.90 Å². The number of carbonyl (C=O) groups excluding carboxylic acids is 2. The Balaban J connectivity index is 1.65. The molecule has 6 nitrogen and oxygen atoms in total. The molecular formula is C17H20N2O4S. The second kappa shape index (κ2) is 7.17. The molecule has 0 aliphatic carbocycles. The normalized spacial score (nSPS) is 21.6. The highest BCUT2D eigenvalue weighted by atomic mass is 32.1. The molecule has 7 heteroatoms. The molecule has 0 unspecified atom stereocenters. The van der Waals surface area contributed by atoms with Gasteiger partial charge in [-0.3, -0.25) is 4.79 Å². The molecule has 2 saturated heterocycles. The molecule has 0 aromatic heterocycles. The molecule has 24 heavy (non-hydrogen) atoms. The maximum absolute atomic E-state index is 12.6. The molecule has 0 N–H and O–H groups in total. The number of imide groups is 1. The van der Waals surface area contributed by atoms with Crippen molar-refractivity contribution in [2.24, 2.45) is 0 Å². The van der Waals surface area contributed by atoms with Crippen molar-refractivity contribution in [1.82, 2.24) is 9.80 Å². The largest absolute Gasteiger partial charge is 0.469 e. The van der Waals surface area contributed by atoms with Gasteiger partial charge < -0.3 is 14.4 Å². The lowest BCUT2D eigenvalue weighted by atomic mass is 10.1. The monoisotopic (exact) mass is 348 g/mol. The van der Waals surface area contributed by atoms with E-state index < -0.39 is 6.09 Å². The van der Waals surface area contributed by atoms with E-state index in [-0.39, 0.29) is 31.0 Å². The fourth-order valence-corrected chi connectivity index (χ4v) is 3.42. The number of hydrogen-bond acceptors (Lipinski definition) is 5. The Morgan fingerprint density at radius 3 is 2.75 bits per heavy atom. The van der Waals surface area contributed by atoms with Gasteiger partial charge in [0.1, 0.15) is 13.2 Å². The van der Waals surface area contributed by atoms with Crippen molar-refractivity contribution >= 4 is 29.4 Å².